The van der Waals surface area contributed by atoms with E-state index in [0.717, 1.165) is 32.6 Å². The molecule has 1 unspecified atom stereocenters. The van der Waals surface area contributed by atoms with Crippen molar-refractivity contribution in [1.82, 2.24) is 15.2 Å². The van der Waals surface area contributed by atoms with E-state index in [9.17, 15) is 0 Å². The number of likely N-dealkylation sites (tertiary alicyclic amines) is 1. The minimum atomic E-state index is 0.412. The van der Waals surface area contributed by atoms with Gasteiger partial charge in [0.2, 0.25) is 0 Å². The highest BCUT2D eigenvalue weighted by Gasteiger charge is 2.22. The van der Waals surface area contributed by atoms with Crippen LogP contribution >= 0.6 is 11.3 Å². The molecule has 1 saturated heterocycles. The van der Waals surface area contributed by atoms with Crippen LogP contribution in [0.5, 0.6) is 0 Å². The van der Waals surface area contributed by atoms with Crippen molar-refractivity contribution in [1.29, 1.82) is 0 Å². The Labute approximate surface area is 101 Å². The lowest BCUT2D eigenvalue weighted by atomic mass is 10.3. The molecule has 1 aromatic rings. The summed E-state index contributed by atoms with van der Waals surface area (Å²) in [5, 5.41) is 6.45. The number of nitrogens with zero attached hydrogens (tertiary/aromatic N) is 2. The van der Waals surface area contributed by atoms with Gasteiger partial charge in [0.15, 0.2) is 0 Å². The number of rotatable bonds is 5. The van der Waals surface area contributed by atoms with Crippen LogP contribution in [0.4, 0.5) is 0 Å². The summed E-state index contributed by atoms with van der Waals surface area (Å²) in [6.45, 7) is 3.98. The number of hydrogen-bond donors (Lipinski definition) is 1. The highest BCUT2D eigenvalue weighted by Crippen LogP contribution is 2.17. The number of aromatic nitrogens is 1. The van der Waals surface area contributed by atoms with Gasteiger partial charge in [-0.05, 0) is 13.5 Å². The molecule has 2 rings (SSSR count). The Bertz CT molecular complexity index is 329. The molecule has 1 N–H and O–H groups in total. The van der Waals surface area contributed by atoms with Crippen LogP contribution in [-0.4, -0.2) is 43.2 Å². The molecule has 0 amide bonds. The van der Waals surface area contributed by atoms with E-state index in [4.69, 9.17) is 4.74 Å². The van der Waals surface area contributed by atoms with Gasteiger partial charge in [-0.15, -0.1) is 11.3 Å². The molecule has 0 bridgehead atoms. The Morgan fingerprint density at radius 3 is 3.25 bits per heavy atom. The number of thiazole rings is 1. The quantitative estimate of drug-likeness (QED) is 0.837. The second kappa shape index (κ2) is 5.72. The van der Waals surface area contributed by atoms with Crippen LogP contribution in [0.15, 0.2) is 5.38 Å². The van der Waals surface area contributed by atoms with Crippen molar-refractivity contribution in [2.24, 2.45) is 0 Å². The van der Waals surface area contributed by atoms with Gasteiger partial charge in [-0.25, -0.2) is 4.98 Å². The fraction of sp³-hybridized carbons (Fsp3) is 0.727. The van der Waals surface area contributed by atoms with E-state index in [2.05, 4.69) is 20.6 Å². The van der Waals surface area contributed by atoms with Gasteiger partial charge in [-0.2, -0.15) is 0 Å². The molecule has 0 spiro atoms. The van der Waals surface area contributed by atoms with Gasteiger partial charge in [-0.3, -0.25) is 4.90 Å². The minimum absolute atomic E-state index is 0.412. The zero-order valence-electron chi connectivity index (χ0n) is 9.90. The van der Waals surface area contributed by atoms with E-state index in [1.165, 1.54) is 10.7 Å². The predicted molar refractivity (Wildman–Crippen MR) is 65.6 cm³/mol. The van der Waals surface area contributed by atoms with E-state index in [1.54, 1.807) is 18.4 Å². The number of hydrogen-bond acceptors (Lipinski definition) is 5. The Kier molecular flexibility index (Phi) is 4.29. The van der Waals surface area contributed by atoms with Gasteiger partial charge in [-0.1, -0.05) is 0 Å². The first-order valence-corrected chi connectivity index (χ1v) is 6.53. The van der Waals surface area contributed by atoms with Crippen molar-refractivity contribution in [2.45, 2.75) is 25.6 Å². The first-order chi connectivity index (χ1) is 7.81. The monoisotopic (exact) mass is 241 g/mol. The molecule has 0 aromatic carbocycles. The van der Waals surface area contributed by atoms with Crippen LogP contribution in [0.1, 0.15) is 17.1 Å². The van der Waals surface area contributed by atoms with Gasteiger partial charge < -0.3 is 10.1 Å². The lowest BCUT2D eigenvalue weighted by Crippen LogP contribution is -2.22. The highest BCUT2D eigenvalue weighted by molar-refractivity contribution is 7.09. The molecule has 5 heteroatoms. The Morgan fingerprint density at radius 2 is 2.56 bits per heavy atom. The molecule has 0 radical (unpaired) electrons. The lowest BCUT2D eigenvalue weighted by molar-refractivity contribution is 0.107. The van der Waals surface area contributed by atoms with Crippen LogP contribution in [0.2, 0.25) is 0 Å². The Balaban J connectivity index is 1.84. The van der Waals surface area contributed by atoms with Crippen LogP contribution < -0.4 is 5.32 Å². The molecule has 1 aliphatic rings. The number of ether oxygens (including phenoxy) is 1. The average molecular weight is 241 g/mol. The third kappa shape index (κ3) is 3.01. The summed E-state index contributed by atoms with van der Waals surface area (Å²) in [7, 11) is 3.74. The molecule has 0 aliphatic carbocycles. The van der Waals surface area contributed by atoms with Crippen molar-refractivity contribution >= 4 is 11.3 Å². The van der Waals surface area contributed by atoms with Gasteiger partial charge in [0.1, 0.15) is 5.01 Å². The molecule has 2 heterocycles. The van der Waals surface area contributed by atoms with Crippen molar-refractivity contribution < 1.29 is 4.74 Å². The van der Waals surface area contributed by atoms with Crippen molar-refractivity contribution in [3.63, 3.8) is 0 Å². The van der Waals surface area contributed by atoms with E-state index in [0.29, 0.717) is 6.10 Å². The smallest absolute Gasteiger partial charge is 0.107 e. The second-order valence-electron chi connectivity index (χ2n) is 4.14. The van der Waals surface area contributed by atoms with Crippen molar-refractivity contribution in [2.75, 3.05) is 27.2 Å². The van der Waals surface area contributed by atoms with Crippen molar-refractivity contribution in [3.05, 3.63) is 16.1 Å². The summed E-state index contributed by atoms with van der Waals surface area (Å²) in [4.78, 5) is 7.00. The summed E-state index contributed by atoms with van der Waals surface area (Å²) in [5.41, 5.74) is 1.19. The highest BCUT2D eigenvalue weighted by atomic mass is 32.1. The first kappa shape index (κ1) is 12.0. The minimum Gasteiger partial charge on any atom is -0.380 e. The molecular formula is C11H19N3OS. The molecule has 16 heavy (non-hydrogen) atoms. The van der Waals surface area contributed by atoms with Crippen LogP contribution in [0, 0.1) is 0 Å². The second-order valence-corrected chi connectivity index (χ2v) is 5.09. The van der Waals surface area contributed by atoms with Crippen LogP contribution in [-0.2, 0) is 17.8 Å². The fourth-order valence-corrected chi connectivity index (χ4v) is 2.81. The standard InChI is InChI=1S/C11H19N3OS/c1-12-5-11-13-9(8-16-11)6-14-4-3-10(7-14)15-2/h8,10,12H,3-7H2,1-2H3. The maximum Gasteiger partial charge on any atom is 0.107 e. The normalized spacial score (nSPS) is 21.8. The molecule has 1 atom stereocenters. The summed E-state index contributed by atoms with van der Waals surface area (Å²) in [5.74, 6) is 0. The molecule has 1 fully saturated rings. The summed E-state index contributed by atoms with van der Waals surface area (Å²) in [6, 6.07) is 0. The predicted octanol–water partition coefficient (Wildman–Crippen LogP) is 1.08. The number of methoxy groups -OCH3 is 1. The molecular weight excluding hydrogens is 222 g/mol. The molecule has 0 saturated carbocycles. The lowest BCUT2D eigenvalue weighted by Gasteiger charge is -2.13. The van der Waals surface area contributed by atoms with E-state index in [-0.39, 0.29) is 0 Å². The van der Waals surface area contributed by atoms with E-state index < -0.39 is 0 Å². The third-order valence-electron chi connectivity index (χ3n) is 2.88. The number of nitrogens with one attached hydrogen (secondary N) is 1. The maximum absolute atomic E-state index is 5.35. The fourth-order valence-electron chi connectivity index (χ4n) is 2.02. The van der Waals surface area contributed by atoms with Gasteiger partial charge in [0.25, 0.3) is 0 Å². The Morgan fingerprint density at radius 1 is 1.69 bits per heavy atom. The third-order valence-corrected chi connectivity index (χ3v) is 3.77. The van der Waals surface area contributed by atoms with E-state index >= 15 is 0 Å². The first-order valence-electron chi connectivity index (χ1n) is 5.65. The van der Waals surface area contributed by atoms with Crippen LogP contribution in [0.3, 0.4) is 0 Å². The largest absolute Gasteiger partial charge is 0.380 e. The maximum atomic E-state index is 5.35. The summed E-state index contributed by atoms with van der Waals surface area (Å²) in [6.07, 6.45) is 1.56. The molecule has 1 aromatic heterocycles. The van der Waals surface area contributed by atoms with Gasteiger partial charge >= 0.3 is 0 Å². The molecule has 90 valence electrons. The Hall–Kier alpha value is -0.490. The summed E-state index contributed by atoms with van der Waals surface area (Å²) < 4.78 is 5.35. The zero-order valence-corrected chi connectivity index (χ0v) is 10.7. The average Bonchev–Trinajstić information content (AvgIpc) is 2.89. The molecule has 1 aliphatic heterocycles. The molecule has 4 nitrogen and oxygen atoms in total. The van der Waals surface area contributed by atoms with Gasteiger partial charge in [0, 0.05) is 38.7 Å². The van der Waals surface area contributed by atoms with E-state index in [1.807, 2.05) is 7.05 Å². The van der Waals surface area contributed by atoms with Crippen molar-refractivity contribution in [3.8, 4) is 0 Å². The van der Waals surface area contributed by atoms with Gasteiger partial charge in [0.05, 0.1) is 11.8 Å². The summed E-state index contributed by atoms with van der Waals surface area (Å²) >= 11 is 1.73. The SMILES string of the molecule is CNCc1nc(CN2CCC(OC)C2)cs1. The zero-order chi connectivity index (χ0) is 11.4. The topological polar surface area (TPSA) is 37.4 Å². The van der Waals surface area contributed by atoms with Crippen LogP contribution in [0.25, 0.3) is 0 Å².